The molecule has 1 saturated heterocycles. The van der Waals surface area contributed by atoms with E-state index in [1.807, 2.05) is 48.3 Å². The minimum absolute atomic E-state index is 0.00331. The summed E-state index contributed by atoms with van der Waals surface area (Å²) >= 11 is 14.1. The molecule has 1 unspecified atom stereocenters. The Labute approximate surface area is 303 Å². The van der Waals surface area contributed by atoms with Gasteiger partial charge in [-0.2, -0.15) is 5.10 Å². The van der Waals surface area contributed by atoms with E-state index in [-0.39, 0.29) is 43.1 Å². The lowest BCUT2D eigenvalue weighted by atomic mass is 9.97. The average Bonchev–Trinajstić information content (AvgIpc) is 3.73. The molecule has 51 heavy (non-hydrogen) atoms. The van der Waals surface area contributed by atoms with Crippen LogP contribution in [-0.4, -0.2) is 91.1 Å². The number of likely N-dealkylation sites (N-methyl/N-ethyl adjacent to an activating group) is 1. The third-order valence-corrected chi connectivity index (χ3v) is 9.81. The lowest BCUT2D eigenvalue weighted by molar-refractivity contribution is -0.119. The first-order valence-corrected chi connectivity index (χ1v) is 17.0. The van der Waals surface area contributed by atoms with E-state index < -0.39 is 6.09 Å². The molecule has 0 spiro atoms. The van der Waals surface area contributed by atoms with Crippen LogP contribution in [0.2, 0.25) is 10.0 Å². The van der Waals surface area contributed by atoms with Gasteiger partial charge < -0.3 is 25.2 Å². The average molecular weight is 735 g/mol. The molecule has 0 bridgehead atoms. The highest BCUT2D eigenvalue weighted by atomic mass is 35.5. The molecule has 1 aliphatic rings. The number of aliphatic hydroxyl groups is 1. The van der Waals surface area contributed by atoms with Gasteiger partial charge in [-0.05, 0) is 31.7 Å². The number of hydrogen-bond acceptors (Lipinski definition) is 8. The zero-order valence-electron chi connectivity index (χ0n) is 28.3. The van der Waals surface area contributed by atoms with Gasteiger partial charge in [0, 0.05) is 72.2 Å². The zero-order chi connectivity index (χ0) is 36.4. The molecule has 1 aliphatic heterocycles. The summed E-state index contributed by atoms with van der Waals surface area (Å²) in [6.45, 7) is 0.993. The van der Waals surface area contributed by atoms with Crippen molar-refractivity contribution in [1.29, 1.82) is 0 Å². The van der Waals surface area contributed by atoms with Crippen molar-refractivity contribution in [2.45, 2.75) is 32.0 Å². The molecule has 4 heterocycles. The number of aliphatic hydroxyl groups excluding tert-OH is 1. The van der Waals surface area contributed by atoms with Crippen LogP contribution in [0.5, 0.6) is 5.88 Å². The van der Waals surface area contributed by atoms with Gasteiger partial charge in [-0.3, -0.25) is 19.1 Å². The Hall–Kier alpha value is -4.95. The van der Waals surface area contributed by atoms with E-state index in [1.165, 1.54) is 16.6 Å². The largest absolute Gasteiger partial charge is 0.481 e. The number of nitrogens with one attached hydrogen (secondary N) is 1. The summed E-state index contributed by atoms with van der Waals surface area (Å²) in [4.78, 5) is 44.8. The number of carbonyl (C=O) groups is 2. The molecule has 0 radical (unpaired) electrons. The standard InChI is InChI=1S/C36H37Cl2N7O6/c1-42(14-15-46)20-30-41-45-18-22(16-29(45)35(48)43(30)2)24-6-4-7-25(32(24)37)26-8-5-9-27(33(26)38)28-12-10-21(34(40-28)51-3)17-44(36(49)50)19-23-11-13-31(47)39-23/h4-10,12,16,18,23,46H,11,13-15,17,19-20H2,1-3H3,(H,39,47)(H,49,50). The molecule has 266 valence electrons. The Morgan fingerprint density at radius 1 is 1.04 bits per heavy atom. The van der Waals surface area contributed by atoms with Gasteiger partial charge in [-0.1, -0.05) is 59.6 Å². The number of rotatable bonds is 12. The SMILES string of the molecule is COc1nc(-c2cccc(-c3cccc(-c4cc5c(=O)n(C)c(CN(C)CCO)nn5c4)c3Cl)c2Cl)ccc1CN(CC1CCC(=O)N1)C(=O)O. The van der Waals surface area contributed by atoms with Crippen molar-refractivity contribution in [1.82, 2.24) is 34.3 Å². The molecule has 6 rings (SSSR count). The number of benzene rings is 2. The van der Waals surface area contributed by atoms with E-state index in [0.717, 1.165) is 0 Å². The van der Waals surface area contributed by atoms with Gasteiger partial charge in [0.15, 0.2) is 0 Å². The van der Waals surface area contributed by atoms with Crippen LogP contribution in [0.15, 0.2) is 65.6 Å². The summed E-state index contributed by atoms with van der Waals surface area (Å²) in [7, 11) is 4.99. The number of carbonyl (C=O) groups excluding carboxylic acids is 1. The summed E-state index contributed by atoms with van der Waals surface area (Å²) in [5.74, 6) is 0.711. The molecular formula is C36H37Cl2N7O6. The predicted octanol–water partition coefficient (Wildman–Crippen LogP) is 4.93. The molecule has 1 atom stereocenters. The minimum atomic E-state index is -1.11. The van der Waals surface area contributed by atoms with Gasteiger partial charge in [0.1, 0.15) is 11.3 Å². The maximum atomic E-state index is 13.3. The van der Waals surface area contributed by atoms with Crippen molar-refractivity contribution < 1.29 is 24.5 Å². The summed E-state index contributed by atoms with van der Waals surface area (Å²) in [5, 5.41) is 27.5. The van der Waals surface area contributed by atoms with Gasteiger partial charge in [0.05, 0.1) is 42.5 Å². The maximum Gasteiger partial charge on any atom is 0.407 e. The smallest absolute Gasteiger partial charge is 0.407 e. The van der Waals surface area contributed by atoms with Crippen LogP contribution in [-0.2, 0) is 24.9 Å². The van der Waals surface area contributed by atoms with Crippen LogP contribution in [0.25, 0.3) is 39.0 Å². The topological polar surface area (TPSA) is 155 Å². The molecule has 3 N–H and O–H groups in total. The number of amides is 2. The summed E-state index contributed by atoms with van der Waals surface area (Å²) < 4.78 is 8.65. The minimum Gasteiger partial charge on any atom is -0.481 e. The van der Waals surface area contributed by atoms with E-state index >= 15 is 0 Å². The lowest BCUT2D eigenvalue weighted by Gasteiger charge is -2.23. The molecule has 1 fully saturated rings. The van der Waals surface area contributed by atoms with Crippen LogP contribution in [0.1, 0.15) is 24.2 Å². The van der Waals surface area contributed by atoms with Crippen molar-refractivity contribution in [3.63, 3.8) is 0 Å². The molecule has 15 heteroatoms. The number of methoxy groups -OCH3 is 1. The fourth-order valence-electron chi connectivity index (χ4n) is 6.26. The Morgan fingerprint density at radius 2 is 1.73 bits per heavy atom. The Kier molecular flexibility index (Phi) is 10.6. The predicted molar refractivity (Wildman–Crippen MR) is 194 cm³/mol. The van der Waals surface area contributed by atoms with Crippen molar-refractivity contribution in [3.8, 4) is 39.4 Å². The van der Waals surface area contributed by atoms with Crippen LogP contribution < -0.4 is 15.6 Å². The summed E-state index contributed by atoms with van der Waals surface area (Å²) in [5.41, 5.74) is 4.59. The Morgan fingerprint density at radius 3 is 2.37 bits per heavy atom. The highest BCUT2D eigenvalue weighted by Crippen LogP contribution is 2.42. The second-order valence-corrected chi connectivity index (χ2v) is 13.2. The first-order valence-electron chi connectivity index (χ1n) is 16.3. The second-order valence-electron chi connectivity index (χ2n) is 12.5. The van der Waals surface area contributed by atoms with Crippen molar-refractivity contribution in [2.24, 2.45) is 7.05 Å². The fraction of sp³-hybridized carbons (Fsp3) is 0.306. The first-order chi connectivity index (χ1) is 24.5. The van der Waals surface area contributed by atoms with E-state index in [2.05, 4.69) is 15.4 Å². The molecule has 0 aliphatic carbocycles. The highest BCUT2D eigenvalue weighted by molar-refractivity contribution is 6.39. The van der Waals surface area contributed by atoms with E-state index in [4.69, 9.17) is 27.9 Å². The fourth-order valence-corrected chi connectivity index (χ4v) is 6.93. The number of hydrogen-bond donors (Lipinski definition) is 3. The van der Waals surface area contributed by atoms with Crippen molar-refractivity contribution >= 4 is 40.7 Å². The molecule has 13 nitrogen and oxygen atoms in total. The van der Waals surface area contributed by atoms with E-state index in [0.29, 0.717) is 86.4 Å². The third kappa shape index (κ3) is 7.42. The van der Waals surface area contributed by atoms with Crippen LogP contribution in [0, 0.1) is 0 Å². The number of ether oxygens (including phenoxy) is 1. The van der Waals surface area contributed by atoms with E-state index in [1.54, 1.807) is 36.0 Å². The van der Waals surface area contributed by atoms with Crippen LogP contribution in [0.3, 0.4) is 0 Å². The van der Waals surface area contributed by atoms with Gasteiger partial charge in [-0.15, -0.1) is 0 Å². The first kappa shape index (κ1) is 35.9. The Balaban J connectivity index is 1.31. The van der Waals surface area contributed by atoms with Crippen molar-refractivity contribution in [3.05, 3.63) is 92.6 Å². The number of pyridine rings is 1. The summed E-state index contributed by atoms with van der Waals surface area (Å²) in [6, 6.07) is 16.2. The Bertz CT molecular complexity index is 2190. The molecular weight excluding hydrogens is 697 g/mol. The van der Waals surface area contributed by atoms with Crippen LogP contribution in [0.4, 0.5) is 4.79 Å². The second kappa shape index (κ2) is 15.1. The van der Waals surface area contributed by atoms with E-state index in [9.17, 15) is 24.6 Å². The quantitative estimate of drug-likeness (QED) is 0.162. The highest BCUT2D eigenvalue weighted by Gasteiger charge is 2.26. The third-order valence-electron chi connectivity index (χ3n) is 8.99. The zero-order valence-corrected chi connectivity index (χ0v) is 29.8. The number of carboxylic acid groups (broad SMARTS) is 1. The number of halogens is 2. The van der Waals surface area contributed by atoms with Gasteiger partial charge >= 0.3 is 6.09 Å². The molecule has 0 saturated carbocycles. The van der Waals surface area contributed by atoms with Crippen molar-refractivity contribution in [2.75, 3.05) is 33.9 Å². The molecule has 5 aromatic rings. The molecule has 2 aromatic carbocycles. The lowest BCUT2D eigenvalue weighted by Crippen LogP contribution is -2.41. The number of nitrogens with zero attached hydrogens (tertiary/aromatic N) is 6. The van der Waals surface area contributed by atoms with Gasteiger partial charge in [0.25, 0.3) is 5.56 Å². The van der Waals surface area contributed by atoms with Gasteiger partial charge in [0.2, 0.25) is 11.8 Å². The molecule has 3 aromatic heterocycles. The van der Waals surface area contributed by atoms with Gasteiger partial charge in [-0.25, -0.2) is 14.3 Å². The summed E-state index contributed by atoms with van der Waals surface area (Å²) in [6.07, 6.45) is 1.60. The monoisotopic (exact) mass is 733 g/mol. The molecule has 2 amide bonds. The van der Waals surface area contributed by atoms with Crippen LogP contribution >= 0.6 is 23.2 Å². The maximum absolute atomic E-state index is 13.3. The number of aromatic nitrogens is 4. The number of fused-ring (bicyclic) bond motifs is 1. The normalized spacial score (nSPS) is 14.3.